The minimum atomic E-state index is -0.0823. The molecule has 0 N–H and O–H groups in total. The zero-order chi connectivity index (χ0) is 13.1. The zero-order valence-corrected chi connectivity index (χ0v) is 10.6. The summed E-state index contributed by atoms with van der Waals surface area (Å²) in [6.07, 6.45) is 3.96. The molecule has 0 saturated carbocycles. The Kier molecular flexibility index (Phi) is 3.51. The van der Waals surface area contributed by atoms with Gasteiger partial charge >= 0.3 is 0 Å². The van der Waals surface area contributed by atoms with Gasteiger partial charge in [-0.25, -0.2) is 0 Å². The second kappa shape index (κ2) is 5.08. The molecule has 2 aromatic rings. The Bertz CT molecular complexity index is 617. The number of carbonyl (C=O) groups excluding carboxylic acids is 2. The minimum Gasteiger partial charge on any atom is -0.300 e. The Hall–Kier alpha value is -2.03. The van der Waals surface area contributed by atoms with Crippen LogP contribution in [0.4, 0.5) is 0 Å². The minimum absolute atomic E-state index is 0.0212. The Labute approximate surface area is 106 Å². The summed E-state index contributed by atoms with van der Waals surface area (Å²) in [4.78, 5) is 26.6. The van der Waals surface area contributed by atoms with Gasteiger partial charge in [0.1, 0.15) is 11.6 Å². The fourth-order valence-electron chi connectivity index (χ4n) is 2.03. The number of ketones is 2. The maximum absolute atomic E-state index is 11.6. The van der Waals surface area contributed by atoms with Gasteiger partial charge in [-0.05, 0) is 30.4 Å². The van der Waals surface area contributed by atoms with Crippen LogP contribution in [0.1, 0.15) is 24.5 Å². The molecule has 92 valence electrons. The number of hydrogen-bond acceptors (Lipinski definition) is 3. The second-order valence-corrected chi connectivity index (χ2v) is 4.61. The van der Waals surface area contributed by atoms with Crippen LogP contribution >= 0.6 is 0 Å². The van der Waals surface area contributed by atoms with E-state index in [4.69, 9.17) is 0 Å². The highest BCUT2D eigenvalue weighted by Crippen LogP contribution is 2.19. The highest BCUT2D eigenvalue weighted by Gasteiger charge is 2.07. The van der Waals surface area contributed by atoms with Gasteiger partial charge in [-0.3, -0.25) is 14.6 Å². The molecule has 1 aromatic heterocycles. The molecule has 2 rings (SSSR count). The quantitative estimate of drug-likeness (QED) is 0.773. The lowest BCUT2D eigenvalue weighted by molar-refractivity contribution is -0.125. The van der Waals surface area contributed by atoms with E-state index >= 15 is 0 Å². The van der Waals surface area contributed by atoms with Crippen LogP contribution in [0.5, 0.6) is 0 Å². The van der Waals surface area contributed by atoms with Crippen molar-refractivity contribution in [2.75, 3.05) is 0 Å². The van der Waals surface area contributed by atoms with E-state index in [1.807, 2.05) is 37.5 Å². The Balaban J connectivity index is 2.27. The normalized spacial score (nSPS) is 10.6. The molecule has 0 bridgehead atoms. The van der Waals surface area contributed by atoms with Crippen LogP contribution in [0, 0.1) is 6.92 Å². The number of nitrogens with zero attached hydrogens (tertiary/aromatic N) is 1. The van der Waals surface area contributed by atoms with Crippen LogP contribution in [0.25, 0.3) is 10.8 Å². The van der Waals surface area contributed by atoms with Crippen LogP contribution in [0.15, 0.2) is 30.6 Å². The summed E-state index contributed by atoms with van der Waals surface area (Å²) in [7, 11) is 0. The standard InChI is InChI=1S/C15H15NO2/c1-10-8-16-9-13-4-3-12(7-15(10)13)6-14(18)5-11(2)17/h3-4,7-9H,5-6H2,1-2H3. The number of aryl methyl sites for hydroxylation is 1. The van der Waals surface area contributed by atoms with Crippen molar-refractivity contribution in [2.45, 2.75) is 26.7 Å². The van der Waals surface area contributed by atoms with E-state index in [0.29, 0.717) is 6.42 Å². The molecule has 0 aliphatic carbocycles. The molecule has 0 spiro atoms. The number of rotatable bonds is 4. The molecule has 1 heterocycles. The lowest BCUT2D eigenvalue weighted by Gasteiger charge is -2.05. The number of carbonyl (C=O) groups is 2. The summed E-state index contributed by atoms with van der Waals surface area (Å²) >= 11 is 0. The summed E-state index contributed by atoms with van der Waals surface area (Å²) in [6.45, 7) is 3.44. The number of hydrogen-bond donors (Lipinski definition) is 0. The molecule has 0 fully saturated rings. The predicted molar refractivity (Wildman–Crippen MR) is 70.5 cm³/mol. The second-order valence-electron chi connectivity index (χ2n) is 4.61. The number of fused-ring (bicyclic) bond motifs is 1. The van der Waals surface area contributed by atoms with Gasteiger partial charge in [-0.15, -0.1) is 0 Å². The molecule has 3 heteroatoms. The maximum atomic E-state index is 11.6. The summed E-state index contributed by atoms with van der Waals surface area (Å²) < 4.78 is 0. The van der Waals surface area contributed by atoms with Crippen LogP contribution in [0.2, 0.25) is 0 Å². The lowest BCUT2D eigenvalue weighted by atomic mass is 10.0. The van der Waals surface area contributed by atoms with E-state index in [2.05, 4.69) is 4.98 Å². The van der Waals surface area contributed by atoms with Gasteiger partial charge in [0.25, 0.3) is 0 Å². The number of benzene rings is 1. The van der Waals surface area contributed by atoms with Crippen LogP contribution in [-0.4, -0.2) is 16.6 Å². The molecule has 0 saturated heterocycles. The van der Waals surface area contributed by atoms with E-state index in [0.717, 1.165) is 21.9 Å². The average molecular weight is 241 g/mol. The van der Waals surface area contributed by atoms with Crippen molar-refractivity contribution in [2.24, 2.45) is 0 Å². The van der Waals surface area contributed by atoms with Crippen LogP contribution in [0.3, 0.4) is 0 Å². The van der Waals surface area contributed by atoms with Crippen molar-refractivity contribution in [1.29, 1.82) is 0 Å². The molecule has 18 heavy (non-hydrogen) atoms. The molecule has 0 unspecified atom stereocenters. The molecule has 1 aromatic carbocycles. The number of pyridine rings is 1. The van der Waals surface area contributed by atoms with Crippen LogP contribution in [-0.2, 0) is 16.0 Å². The largest absolute Gasteiger partial charge is 0.300 e. The van der Waals surface area contributed by atoms with Gasteiger partial charge in [-0.2, -0.15) is 0 Å². The number of Topliss-reactive ketones (excluding diaryl/α,β-unsaturated/α-hetero) is 2. The Morgan fingerprint density at radius 3 is 2.72 bits per heavy atom. The summed E-state index contributed by atoms with van der Waals surface area (Å²) in [5, 5.41) is 2.18. The molecule has 0 amide bonds. The molecule has 0 radical (unpaired) electrons. The topological polar surface area (TPSA) is 47.0 Å². The molecule has 0 aliphatic rings. The summed E-state index contributed by atoms with van der Waals surface area (Å²) in [5.74, 6) is -0.116. The van der Waals surface area contributed by atoms with Gasteiger partial charge < -0.3 is 0 Å². The van der Waals surface area contributed by atoms with E-state index in [9.17, 15) is 9.59 Å². The summed E-state index contributed by atoms with van der Waals surface area (Å²) in [5.41, 5.74) is 2.04. The maximum Gasteiger partial charge on any atom is 0.144 e. The first-order valence-electron chi connectivity index (χ1n) is 5.90. The summed E-state index contributed by atoms with van der Waals surface area (Å²) in [6, 6.07) is 5.89. The molecule has 3 nitrogen and oxygen atoms in total. The third-order valence-electron chi connectivity index (χ3n) is 2.87. The fourth-order valence-corrected chi connectivity index (χ4v) is 2.03. The van der Waals surface area contributed by atoms with Crippen molar-refractivity contribution in [1.82, 2.24) is 4.98 Å². The predicted octanol–water partition coefficient (Wildman–Crippen LogP) is 2.63. The van der Waals surface area contributed by atoms with Gasteiger partial charge in [0.05, 0.1) is 6.42 Å². The third kappa shape index (κ3) is 2.80. The first-order chi connectivity index (χ1) is 8.56. The van der Waals surface area contributed by atoms with Gasteiger partial charge in [0.2, 0.25) is 0 Å². The van der Waals surface area contributed by atoms with Crippen molar-refractivity contribution in [3.05, 3.63) is 41.7 Å². The van der Waals surface area contributed by atoms with Crippen LogP contribution < -0.4 is 0 Å². The first kappa shape index (κ1) is 12.4. The van der Waals surface area contributed by atoms with Gasteiger partial charge in [0, 0.05) is 24.2 Å². The van der Waals surface area contributed by atoms with E-state index in [1.165, 1.54) is 6.92 Å². The van der Waals surface area contributed by atoms with Gasteiger partial charge in [0.15, 0.2) is 0 Å². The smallest absolute Gasteiger partial charge is 0.144 e. The third-order valence-corrected chi connectivity index (χ3v) is 2.87. The molecular formula is C15H15NO2. The molecule has 0 atom stereocenters. The van der Waals surface area contributed by atoms with E-state index in [1.54, 1.807) is 0 Å². The highest BCUT2D eigenvalue weighted by atomic mass is 16.1. The monoisotopic (exact) mass is 241 g/mol. The van der Waals surface area contributed by atoms with Crippen molar-refractivity contribution >= 4 is 22.3 Å². The first-order valence-corrected chi connectivity index (χ1v) is 5.90. The fraction of sp³-hybridized carbons (Fsp3) is 0.267. The Morgan fingerprint density at radius 1 is 1.22 bits per heavy atom. The van der Waals surface area contributed by atoms with Crippen molar-refractivity contribution < 1.29 is 9.59 Å². The van der Waals surface area contributed by atoms with E-state index < -0.39 is 0 Å². The Morgan fingerprint density at radius 2 is 2.00 bits per heavy atom. The lowest BCUT2D eigenvalue weighted by Crippen LogP contribution is -2.07. The zero-order valence-electron chi connectivity index (χ0n) is 10.6. The molecular weight excluding hydrogens is 226 g/mol. The average Bonchev–Trinajstić information content (AvgIpc) is 2.29. The van der Waals surface area contributed by atoms with Gasteiger partial charge in [-0.1, -0.05) is 18.2 Å². The van der Waals surface area contributed by atoms with Crippen molar-refractivity contribution in [3.8, 4) is 0 Å². The SMILES string of the molecule is CC(=O)CC(=O)Cc1ccc2cncc(C)c2c1. The highest BCUT2D eigenvalue weighted by molar-refractivity contribution is 5.99. The number of aromatic nitrogens is 1. The van der Waals surface area contributed by atoms with Crippen molar-refractivity contribution in [3.63, 3.8) is 0 Å². The molecule has 0 aliphatic heterocycles. The van der Waals surface area contributed by atoms with E-state index in [-0.39, 0.29) is 18.0 Å².